The van der Waals surface area contributed by atoms with E-state index in [2.05, 4.69) is 6.07 Å². The smallest absolute Gasteiger partial charge is 0.505 e. The second kappa shape index (κ2) is 6.45. The molecule has 0 saturated carbocycles. The molecule has 0 aliphatic heterocycles. The summed E-state index contributed by atoms with van der Waals surface area (Å²) >= 11 is 0.414. The van der Waals surface area contributed by atoms with Gasteiger partial charge in [0.25, 0.3) is 4.90 Å². The van der Waals surface area contributed by atoms with Crippen molar-refractivity contribution in [1.82, 2.24) is 0 Å². The van der Waals surface area contributed by atoms with E-state index in [0.717, 1.165) is 5.56 Å². The van der Waals surface area contributed by atoms with Gasteiger partial charge in [-0.1, -0.05) is 0 Å². The third-order valence-electron chi connectivity index (χ3n) is 3.09. The summed E-state index contributed by atoms with van der Waals surface area (Å²) in [7, 11) is 0. The van der Waals surface area contributed by atoms with E-state index in [1.54, 1.807) is 37.3 Å². The summed E-state index contributed by atoms with van der Waals surface area (Å²) < 4.78 is 16.2. The minimum atomic E-state index is -0.193. The molecule has 0 aliphatic carbocycles. The molecule has 4 nitrogen and oxygen atoms in total. The molecule has 107 valence electrons. The summed E-state index contributed by atoms with van der Waals surface area (Å²) in [5.74, 6) is 0.261. The largest absolute Gasteiger partial charge is 0.507 e. The fraction of sp³-hybridized carbons (Fsp3) is 0.188. The molecule has 0 heterocycles. The molecule has 0 saturated heterocycles. The summed E-state index contributed by atoms with van der Waals surface area (Å²) in [5.41, 5.74) is 1.60. The van der Waals surface area contributed by atoms with E-state index < -0.39 is 0 Å². The highest BCUT2D eigenvalue weighted by molar-refractivity contribution is 7.65. The van der Waals surface area contributed by atoms with Crippen LogP contribution in [0.5, 0.6) is 11.5 Å². The van der Waals surface area contributed by atoms with Gasteiger partial charge in [-0.25, -0.2) is 0 Å². The molecule has 0 aliphatic rings. The van der Waals surface area contributed by atoms with Crippen molar-refractivity contribution in [2.24, 2.45) is 0 Å². The van der Waals surface area contributed by atoms with E-state index in [4.69, 9.17) is 4.74 Å². The molecular weight excluding hydrogens is 288 g/mol. The SMILES string of the molecule is CC(=O)c1ccc(OCc2[c]cc([S+]=O)cc2)c(C)c1O. The number of benzene rings is 2. The highest BCUT2D eigenvalue weighted by Gasteiger charge is 2.13. The summed E-state index contributed by atoms with van der Waals surface area (Å²) in [4.78, 5) is 11.9. The summed E-state index contributed by atoms with van der Waals surface area (Å²) in [6.45, 7) is 3.36. The van der Waals surface area contributed by atoms with Crippen LogP contribution in [0.3, 0.4) is 0 Å². The predicted octanol–water partition coefficient (Wildman–Crippen LogP) is 3.07. The number of carbonyl (C=O) groups excluding carboxylic acids is 1. The van der Waals surface area contributed by atoms with Crippen molar-refractivity contribution in [2.75, 3.05) is 0 Å². The Morgan fingerprint density at radius 3 is 2.67 bits per heavy atom. The number of Topliss-reactive ketones (excluding diaryl/α,β-unsaturated/α-hetero) is 1. The lowest BCUT2D eigenvalue weighted by molar-refractivity contribution is 0.101. The monoisotopic (exact) mass is 302 g/mol. The summed E-state index contributed by atoms with van der Waals surface area (Å²) in [6, 6.07) is 11.2. The summed E-state index contributed by atoms with van der Waals surface area (Å²) in [5, 5.41) is 9.97. The average Bonchev–Trinajstić information content (AvgIpc) is 2.49. The van der Waals surface area contributed by atoms with Gasteiger partial charge in [-0.3, -0.25) is 4.79 Å². The zero-order valence-electron chi connectivity index (χ0n) is 11.7. The first-order chi connectivity index (χ1) is 10.0. The Hall–Kier alpha value is -2.27. The van der Waals surface area contributed by atoms with Crippen LogP contribution in [0.2, 0.25) is 0 Å². The zero-order valence-corrected chi connectivity index (χ0v) is 12.5. The number of hydrogen-bond acceptors (Lipinski definition) is 4. The van der Waals surface area contributed by atoms with Crippen molar-refractivity contribution in [3.8, 4) is 11.5 Å². The van der Waals surface area contributed by atoms with Gasteiger partial charge < -0.3 is 9.84 Å². The molecule has 2 aromatic carbocycles. The minimum Gasteiger partial charge on any atom is -0.507 e. The molecule has 0 aromatic heterocycles. The number of ether oxygens (including phenoxy) is 1. The highest BCUT2D eigenvalue weighted by Crippen LogP contribution is 2.31. The lowest BCUT2D eigenvalue weighted by Crippen LogP contribution is -2.00. The lowest BCUT2D eigenvalue weighted by atomic mass is 10.1. The van der Waals surface area contributed by atoms with E-state index in [-0.39, 0.29) is 23.7 Å². The molecule has 0 atom stereocenters. The third kappa shape index (κ3) is 3.44. The third-order valence-corrected chi connectivity index (χ3v) is 3.53. The van der Waals surface area contributed by atoms with E-state index >= 15 is 0 Å². The van der Waals surface area contributed by atoms with Gasteiger partial charge >= 0.3 is 11.7 Å². The number of aromatic hydroxyl groups is 1. The molecule has 0 bridgehead atoms. The van der Waals surface area contributed by atoms with Crippen LogP contribution < -0.4 is 4.74 Å². The van der Waals surface area contributed by atoms with E-state index in [9.17, 15) is 14.1 Å². The Bertz CT molecular complexity index is 677. The van der Waals surface area contributed by atoms with Crippen molar-refractivity contribution in [3.05, 3.63) is 53.1 Å². The maximum absolute atomic E-state index is 11.3. The maximum atomic E-state index is 11.3. The van der Waals surface area contributed by atoms with Gasteiger partial charge in [0.1, 0.15) is 18.1 Å². The van der Waals surface area contributed by atoms with Gasteiger partial charge in [-0.15, -0.1) is 0 Å². The molecule has 0 unspecified atom stereocenters. The molecule has 1 radical (unpaired) electrons. The quantitative estimate of drug-likeness (QED) is 0.681. The van der Waals surface area contributed by atoms with Crippen LogP contribution in [0.15, 0.2) is 35.2 Å². The van der Waals surface area contributed by atoms with Gasteiger partial charge in [0.15, 0.2) is 5.78 Å². The van der Waals surface area contributed by atoms with Gasteiger partial charge in [0.2, 0.25) is 0 Å². The van der Waals surface area contributed by atoms with Crippen molar-refractivity contribution in [3.63, 3.8) is 0 Å². The fourth-order valence-corrected chi connectivity index (χ4v) is 2.09. The molecule has 2 rings (SSSR count). The zero-order chi connectivity index (χ0) is 15.4. The van der Waals surface area contributed by atoms with Crippen LogP contribution in [-0.4, -0.2) is 10.9 Å². The molecule has 21 heavy (non-hydrogen) atoms. The topological polar surface area (TPSA) is 63.6 Å². The number of ketones is 1. The van der Waals surface area contributed by atoms with E-state index in [1.165, 1.54) is 6.92 Å². The second-order valence-corrected chi connectivity index (χ2v) is 5.20. The molecular formula is C16H14O4S+. The van der Waals surface area contributed by atoms with Crippen LogP contribution in [0.25, 0.3) is 0 Å². The first-order valence-corrected chi connectivity index (χ1v) is 7.04. The standard InChI is InChI=1S/C16H13O4S/c1-10-15(8-7-14(11(2)17)16(10)18)20-9-12-3-5-13(21-19)6-4-12/h3,5-8H,9H2,1-2H3/p+1. The van der Waals surface area contributed by atoms with Crippen molar-refractivity contribution < 1.29 is 18.8 Å². The number of carbonyl (C=O) groups is 1. The van der Waals surface area contributed by atoms with Crippen LogP contribution in [0.4, 0.5) is 0 Å². The van der Waals surface area contributed by atoms with Crippen molar-refractivity contribution in [2.45, 2.75) is 25.3 Å². The van der Waals surface area contributed by atoms with Gasteiger partial charge in [0, 0.05) is 21.9 Å². The predicted molar refractivity (Wildman–Crippen MR) is 78.8 cm³/mol. The first-order valence-electron chi connectivity index (χ1n) is 6.29. The van der Waals surface area contributed by atoms with Gasteiger partial charge in [-0.05, 0) is 43.7 Å². The molecule has 5 heteroatoms. The van der Waals surface area contributed by atoms with Crippen LogP contribution in [-0.2, 0) is 22.5 Å². The van der Waals surface area contributed by atoms with Crippen LogP contribution >= 0.6 is 0 Å². The van der Waals surface area contributed by atoms with E-state index in [0.29, 0.717) is 27.9 Å². The normalized spacial score (nSPS) is 10.2. The Labute approximate surface area is 126 Å². The Morgan fingerprint density at radius 1 is 1.33 bits per heavy atom. The van der Waals surface area contributed by atoms with Gasteiger partial charge in [0.05, 0.1) is 5.56 Å². The molecule has 1 N–H and O–H groups in total. The van der Waals surface area contributed by atoms with Crippen molar-refractivity contribution in [1.29, 1.82) is 0 Å². The number of phenols is 1. The van der Waals surface area contributed by atoms with E-state index in [1.807, 2.05) is 0 Å². The van der Waals surface area contributed by atoms with Crippen LogP contribution in [0.1, 0.15) is 28.4 Å². The average molecular weight is 302 g/mol. The Morgan fingerprint density at radius 2 is 2.10 bits per heavy atom. The second-order valence-electron chi connectivity index (χ2n) is 4.56. The molecule has 0 fully saturated rings. The molecule has 2 aromatic rings. The minimum absolute atomic E-state index is 0.0536. The maximum Gasteiger partial charge on any atom is 0.505 e. The fourth-order valence-electron chi connectivity index (χ4n) is 1.86. The highest BCUT2D eigenvalue weighted by atomic mass is 32.1. The number of hydrogen-bond donors (Lipinski definition) is 1. The molecule has 0 spiro atoms. The Balaban J connectivity index is 2.14. The van der Waals surface area contributed by atoms with Crippen LogP contribution in [0, 0.1) is 13.0 Å². The summed E-state index contributed by atoms with van der Waals surface area (Å²) in [6.07, 6.45) is 0. The first kappa shape index (κ1) is 15.1. The lowest BCUT2D eigenvalue weighted by Gasteiger charge is -2.12. The Kier molecular flexibility index (Phi) is 4.65. The molecule has 0 amide bonds. The number of phenolic OH excluding ortho intramolecular Hbond substituents is 1. The van der Waals surface area contributed by atoms with Gasteiger partial charge in [-0.2, -0.15) is 0 Å². The van der Waals surface area contributed by atoms with Crippen molar-refractivity contribution >= 4 is 17.4 Å². The number of rotatable bonds is 5.